The first-order valence-electron chi connectivity index (χ1n) is 6.79. The maximum absolute atomic E-state index is 12.2. The van der Waals surface area contributed by atoms with Gasteiger partial charge in [0.2, 0.25) is 0 Å². The van der Waals surface area contributed by atoms with Gasteiger partial charge >= 0.3 is 0 Å². The Morgan fingerprint density at radius 2 is 2.40 bits per heavy atom. The number of anilines is 1. The molecule has 106 valence electrons. The Balaban J connectivity index is 2.05. The highest BCUT2D eigenvalue weighted by Gasteiger charge is 2.37. The van der Waals surface area contributed by atoms with Crippen molar-refractivity contribution in [2.45, 2.75) is 31.8 Å². The summed E-state index contributed by atoms with van der Waals surface area (Å²) in [5.41, 5.74) is 0.801. The van der Waals surface area contributed by atoms with Crippen molar-refractivity contribution in [2.24, 2.45) is 0 Å². The van der Waals surface area contributed by atoms with E-state index in [1.54, 1.807) is 0 Å². The minimum atomic E-state index is -0.724. The summed E-state index contributed by atoms with van der Waals surface area (Å²) in [7, 11) is 0. The summed E-state index contributed by atoms with van der Waals surface area (Å²) in [4.78, 5) is 12.2. The fourth-order valence-electron chi connectivity index (χ4n) is 2.12. The van der Waals surface area contributed by atoms with Gasteiger partial charge in [0, 0.05) is 24.3 Å². The van der Waals surface area contributed by atoms with Crippen LogP contribution in [0.3, 0.4) is 0 Å². The molecule has 1 aliphatic rings. The lowest BCUT2D eigenvalue weighted by Gasteiger charge is -2.21. The van der Waals surface area contributed by atoms with E-state index >= 15 is 0 Å². The van der Waals surface area contributed by atoms with E-state index in [2.05, 4.69) is 17.2 Å². The smallest absolute Gasteiger partial charge is 0.256 e. The fraction of sp³-hybridized carbons (Fsp3) is 0.438. The number of benzene rings is 1. The number of ether oxygens (including phenoxy) is 1. The number of rotatable bonds is 3. The van der Waals surface area contributed by atoms with Gasteiger partial charge in [-0.2, -0.15) is 0 Å². The van der Waals surface area contributed by atoms with Gasteiger partial charge in [-0.15, -0.1) is 0 Å². The molecule has 0 aromatic heterocycles. The zero-order chi connectivity index (χ0) is 14.4. The van der Waals surface area contributed by atoms with Crippen LogP contribution in [0.15, 0.2) is 24.3 Å². The summed E-state index contributed by atoms with van der Waals surface area (Å²) in [5.74, 6) is 5.69. The van der Waals surface area contributed by atoms with E-state index in [9.17, 15) is 4.79 Å². The lowest BCUT2D eigenvalue weighted by atomic mass is 10.0. The van der Waals surface area contributed by atoms with Crippen molar-refractivity contribution in [1.82, 2.24) is 0 Å². The molecule has 1 aromatic carbocycles. The Labute approximate surface area is 119 Å². The normalized spacial score (nSPS) is 21.1. The Kier molecular flexibility index (Phi) is 4.78. The van der Waals surface area contributed by atoms with E-state index in [1.807, 2.05) is 31.2 Å². The van der Waals surface area contributed by atoms with Crippen LogP contribution in [0.5, 0.6) is 0 Å². The maximum Gasteiger partial charge on any atom is 0.256 e. The van der Waals surface area contributed by atoms with Crippen LogP contribution in [0.25, 0.3) is 0 Å². The molecule has 2 rings (SSSR count). The molecule has 0 saturated carbocycles. The van der Waals surface area contributed by atoms with E-state index in [0.29, 0.717) is 18.7 Å². The zero-order valence-electron chi connectivity index (χ0n) is 11.6. The SMILES string of the molecule is CC1(C(=O)Nc2cccc(C#CCCO)c2)CCCO1. The average Bonchev–Trinajstić information content (AvgIpc) is 2.88. The standard InChI is InChI=1S/C16H19NO3/c1-16(9-5-11-20-16)15(19)17-14-8-4-7-13(12-14)6-2-3-10-18/h4,7-8,12,18H,3,5,9-11H2,1H3,(H,17,19). The number of aliphatic hydroxyl groups is 1. The largest absolute Gasteiger partial charge is 0.395 e. The molecular weight excluding hydrogens is 254 g/mol. The second kappa shape index (κ2) is 6.56. The quantitative estimate of drug-likeness (QED) is 0.827. The molecule has 1 unspecified atom stereocenters. The molecule has 1 saturated heterocycles. The van der Waals surface area contributed by atoms with Crippen LogP contribution in [-0.2, 0) is 9.53 Å². The molecule has 4 nitrogen and oxygen atoms in total. The average molecular weight is 273 g/mol. The predicted octanol–water partition coefficient (Wildman–Crippen LogP) is 1.93. The van der Waals surface area contributed by atoms with Gasteiger partial charge < -0.3 is 15.2 Å². The van der Waals surface area contributed by atoms with Crippen molar-refractivity contribution >= 4 is 11.6 Å². The first-order chi connectivity index (χ1) is 9.64. The Hall–Kier alpha value is -1.83. The number of carbonyl (C=O) groups is 1. The third kappa shape index (κ3) is 3.60. The third-order valence-corrected chi connectivity index (χ3v) is 3.29. The van der Waals surface area contributed by atoms with E-state index in [0.717, 1.165) is 18.4 Å². The molecule has 2 N–H and O–H groups in total. The van der Waals surface area contributed by atoms with Crippen LogP contribution in [-0.4, -0.2) is 29.8 Å². The number of carbonyl (C=O) groups excluding carboxylic acids is 1. The molecule has 1 amide bonds. The number of amides is 1. The number of aliphatic hydroxyl groups excluding tert-OH is 1. The lowest BCUT2D eigenvalue weighted by molar-refractivity contribution is -0.133. The number of nitrogens with one attached hydrogen (secondary N) is 1. The van der Waals surface area contributed by atoms with Crippen molar-refractivity contribution in [1.29, 1.82) is 0 Å². The summed E-state index contributed by atoms with van der Waals surface area (Å²) in [6.45, 7) is 2.51. The lowest BCUT2D eigenvalue weighted by Crippen LogP contribution is -2.39. The van der Waals surface area contributed by atoms with Crippen LogP contribution in [0, 0.1) is 11.8 Å². The predicted molar refractivity (Wildman–Crippen MR) is 77.2 cm³/mol. The first-order valence-corrected chi connectivity index (χ1v) is 6.79. The Bertz CT molecular complexity index is 536. The molecule has 1 aromatic rings. The Morgan fingerprint density at radius 1 is 1.55 bits per heavy atom. The van der Waals surface area contributed by atoms with Crippen LogP contribution in [0.1, 0.15) is 31.7 Å². The number of hydrogen-bond donors (Lipinski definition) is 2. The second-order valence-electron chi connectivity index (χ2n) is 4.99. The molecule has 0 spiro atoms. The van der Waals surface area contributed by atoms with Gasteiger partial charge in [0.15, 0.2) is 0 Å². The van der Waals surface area contributed by atoms with Gasteiger partial charge in [-0.25, -0.2) is 0 Å². The van der Waals surface area contributed by atoms with Crippen LogP contribution in [0.4, 0.5) is 5.69 Å². The van der Waals surface area contributed by atoms with E-state index in [-0.39, 0.29) is 12.5 Å². The topological polar surface area (TPSA) is 58.6 Å². The molecule has 20 heavy (non-hydrogen) atoms. The van der Waals surface area contributed by atoms with Gasteiger partial charge in [-0.05, 0) is 38.0 Å². The van der Waals surface area contributed by atoms with Crippen molar-refractivity contribution in [2.75, 3.05) is 18.5 Å². The van der Waals surface area contributed by atoms with E-state index in [1.165, 1.54) is 0 Å². The van der Waals surface area contributed by atoms with Gasteiger partial charge in [-0.3, -0.25) is 4.79 Å². The van der Waals surface area contributed by atoms with Crippen molar-refractivity contribution in [3.63, 3.8) is 0 Å². The van der Waals surface area contributed by atoms with Gasteiger partial charge in [0.05, 0.1) is 6.61 Å². The molecule has 1 atom stereocenters. The first kappa shape index (κ1) is 14.6. The van der Waals surface area contributed by atoms with Crippen LogP contribution < -0.4 is 5.32 Å². The molecule has 0 bridgehead atoms. The molecule has 1 fully saturated rings. The summed E-state index contributed by atoms with van der Waals surface area (Å²) >= 11 is 0. The van der Waals surface area contributed by atoms with Crippen LogP contribution >= 0.6 is 0 Å². The van der Waals surface area contributed by atoms with Crippen molar-refractivity contribution in [3.05, 3.63) is 29.8 Å². The highest BCUT2D eigenvalue weighted by Crippen LogP contribution is 2.26. The van der Waals surface area contributed by atoms with Crippen molar-refractivity contribution < 1.29 is 14.6 Å². The minimum absolute atomic E-state index is 0.0547. The summed E-state index contributed by atoms with van der Waals surface area (Å²) in [6, 6.07) is 7.36. The second-order valence-corrected chi connectivity index (χ2v) is 4.99. The van der Waals surface area contributed by atoms with Gasteiger partial charge in [0.1, 0.15) is 5.60 Å². The summed E-state index contributed by atoms with van der Waals surface area (Å²) in [6.07, 6.45) is 2.11. The molecular formula is C16H19NO3. The molecule has 4 heteroatoms. The molecule has 0 radical (unpaired) electrons. The summed E-state index contributed by atoms with van der Waals surface area (Å²) < 4.78 is 5.52. The van der Waals surface area contributed by atoms with Crippen molar-refractivity contribution in [3.8, 4) is 11.8 Å². The van der Waals surface area contributed by atoms with Gasteiger partial charge in [0.25, 0.3) is 5.91 Å². The highest BCUT2D eigenvalue weighted by atomic mass is 16.5. The zero-order valence-corrected chi connectivity index (χ0v) is 11.6. The minimum Gasteiger partial charge on any atom is -0.395 e. The van der Waals surface area contributed by atoms with Crippen LogP contribution in [0.2, 0.25) is 0 Å². The van der Waals surface area contributed by atoms with E-state index in [4.69, 9.17) is 9.84 Å². The highest BCUT2D eigenvalue weighted by molar-refractivity contribution is 5.97. The molecule has 1 aliphatic heterocycles. The van der Waals surface area contributed by atoms with Gasteiger partial charge in [-0.1, -0.05) is 17.9 Å². The summed E-state index contributed by atoms with van der Waals surface area (Å²) in [5, 5.41) is 11.6. The number of hydrogen-bond acceptors (Lipinski definition) is 3. The monoisotopic (exact) mass is 273 g/mol. The molecule has 1 heterocycles. The maximum atomic E-state index is 12.2. The fourth-order valence-corrected chi connectivity index (χ4v) is 2.12. The third-order valence-electron chi connectivity index (χ3n) is 3.29. The Morgan fingerprint density at radius 3 is 3.10 bits per heavy atom. The molecule has 0 aliphatic carbocycles. The van der Waals surface area contributed by atoms with E-state index < -0.39 is 5.60 Å².